The van der Waals surface area contributed by atoms with Crippen molar-refractivity contribution in [2.24, 2.45) is 0 Å². The summed E-state index contributed by atoms with van der Waals surface area (Å²) in [7, 11) is 0. The van der Waals surface area contributed by atoms with Crippen LogP contribution in [-0.4, -0.2) is 25.2 Å². The Balaban J connectivity index is 1.61. The number of carbonyl (C=O) groups excluding carboxylic acids is 1. The normalized spacial score (nSPS) is 15.2. The molecular formula is C19H20ClNO4. The van der Waals surface area contributed by atoms with Gasteiger partial charge in [0.1, 0.15) is 19.0 Å². The molecule has 0 saturated carbocycles. The summed E-state index contributed by atoms with van der Waals surface area (Å²) < 4.78 is 16.7. The van der Waals surface area contributed by atoms with Crippen LogP contribution < -0.4 is 19.5 Å². The minimum Gasteiger partial charge on any atom is -0.486 e. The first-order valence-electron chi connectivity index (χ1n) is 8.15. The lowest BCUT2D eigenvalue weighted by molar-refractivity contribution is -0.127. The molecule has 25 heavy (non-hydrogen) atoms. The van der Waals surface area contributed by atoms with Crippen LogP contribution in [0.4, 0.5) is 0 Å². The monoisotopic (exact) mass is 361 g/mol. The lowest BCUT2D eigenvalue weighted by Gasteiger charge is -2.22. The van der Waals surface area contributed by atoms with E-state index in [4.69, 9.17) is 25.8 Å². The highest BCUT2D eigenvalue weighted by Gasteiger charge is 2.19. The fraction of sp³-hybridized carbons (Fsp3) is 0.316. The first-order valence-corrected chi connectivity index (χ1v) is 8.53. The molecule has 1 aliphatic heterocycles. The summed E-state index contributed by atoms with van der Waals surface area (Å²) in [5.41, 5.74) is 0.938. The summed E-state index contributed by atoms with van der Waals surface area (Å²) in [4.78, 5) is 12.4. The van der Waals surface area contributed by atoms with E-state index in [1.54, 1.807) is 31.2 Å². The van der Waals surface area contributed by atoms with Crippen molar-refractivity contribution < 1.29 is 19.0 Å². The molecule has 2 aromatic rings. The van der Waals surface area contributed by atoms with Gasteiger partial charge in [-0.25, -0.2) is 0 Å². The lowest BCUT2D eigenvalue weighted by Crippen LogP contribution is -2.37. The second-order valence-electron chi connectivity index (χ2n) is 5.85. The summed E-state index contributed by atoms with van der Waals surface area (Å²) >= 11 is 5.93. The van der Waals surface area contributed by atoms with E-state index >= 15 is 0 Å². The van der Waals surface area contributed by atoms with Crippen molar-refractivity contribution in [2.45, 2.75) is 26.0 Å². The molecule has 5 nitrogen and oxygen atoms in total. The first kappa shape index (κ1) is 17.4. The molecule has 132 valence electrons. The first-order chi connectivity index (χ1) is 12.0. The molecule has 0 bridgehead atoms. The molecule has 0 fully saturated rings. The molecule has 1 heterocycles. The molecule has 6 heteroatoms. The Morgan fingerprint density at radius 2 is 1.88 bits per heavy atom. The van der Waals surface area contributed by atoms with Crippen LogP contribution in [0.25, 0.3) is 0 Å². The van der Waals surface area contributed by atoms with E-state index in [1.807, 2.05) is 25.1 Å². The average molecular weight is 362 g/mol. The van der Waals surface area contributed by atoms with Gasteiger partial charge in [-0.2, -0.15) is 0 Å². The largest absolute Gasteiger partial charge is 0.486 e. The van der Waals surface area contributed by atoms with Crippen LogP contribution in [0.1, 0.15) is 25.5 Å². The van der Waals surface area contributed by atoms with Gasteiger partial charge in [0.15, 0.2) is 17.6 Å². The van der Waals surface area contributed by atoms with Crippen molar-refractivity contribution in [1.29, 1.82) is 0 Å². The maximum absolute atomic E-state index is 12.4. The molecule has 0 aliphatic carbocycles. The van der Waals surface area contributed by atoms with E-state index in [0.717, 1.165) is 11.3 Å². The topological polar surface area (TPSA) is 56.8 Å². The van der Waals surface area contributed by atoms with Crippen molar-refractivity contribution in [1.82, 2.24) is 5.32 Å². The van der Waals surface area contributed by atoms with Crippen molar-refractivity contribution in [3.05, 3.63) is 53.1 Å². The Bertz CT molecular complexity index is 765. The fourth-order valence-electron chi connectivity index (χ4n) is 2.54. The van der Waals surface area contributed by atoms with Crippen molar-refractivity contribution >= 4 is 17.5 Å². The third-order valence-electron chi connectivity index (χ3n) is 3.90. The zero-order chi connectivity index (χ0) is 17.8. The highest BCUT2D eigenvalue weighted by molar-refractivity contribution is 6.30. The number of ether oxygens (including phenoxy) is 3. The Hall–Kier alpha value is -2.40. The minimum absolute atomic E-state index is 0.186. The van der Waals surface area contributed by atoms with Crippen LogP contribution in [0.2, 0.25) is 5.02 Å². The van der Waals surface area contributed by atoms with Crippen LogP contribution in [0.3, 0.4) is 0 Å². The number of hydrogen-bond donors (Lipinski definition) is 1. The Kier molecular flexibility index (Phi) is 5.34. The van der Waals surface area contributed by atoms with E-state index in [9.17, 15) is 4.79 Å². The van der Waals surface area contributed by atoms with Crippen LogP contribution in [0.5, 0.6) is 17.2 Å². The maximum atomic E-state index is 12.4. The minimum atomic E-state index is -0.641. The Labute approximate surface area is 151 Å². The highest BCUT2D eigenvalue weighted by atomic mass is 35.5. The quantitative estimate of drug-likeness (QED) is 0.881. The van der Waals surface area contributed by atoms with Gasteiger partial charge in [-0.1, -0.05) is 23.7 Å². The number of fused-ring (bicyclic) bond motifs is 1. The average Bonchev–Trinajstić information content (AvgIpc) is 2.61. The van der Waals surface area contributed by atoms with E-state index in [2.05, 4.69) is 5.32 Å². The summed E-state index contributed by atoms with van der Waals surface area (Å²) in [5, 5.41) is 3.51. The van der Waals surface area contributed by atoms with Crippen molar-refractivity contribution in [3.8, 4) is 17.2 Å². The summed E-state index contributed by atoms with van der Waals surface area (Å²) in [6.07, 6.45) is -0.641. The van der Waals surface area contributed by atoms with Crippen LogP contribution in [-0.2, 0) is 4.79 Å². The molecule has 0 saturated heterocycles. The molecule has 0 unspecified atom stereocenters. The second kappa shape index (κ2) is 7.66. The number of hydrogen-bond acceptors (Lipinski definition) is 4. The van der Waals surface area contributed by atoms with Crippen LogP contribution in [0, 0.1) is 0 Å². The lowest BCUT2D eigenvalue weighted by atomic mass is 10.1. The van der Waals surface area contributed by atoms with Crippen molar-refractivity contribution in [2.75, 3.05) is 13.2 Å². The number of carbonyl (C=O) groups is 1. The zero-order valence-corrected chi connectivity index (χ0v) is 14.9. The number of benzene rings is 2. The molecule has 1 N–H and O–H groups in total. The molecule has 0 aromatic heterocycles. The maximum Gasteiger partial charge on any atom is 0.261 e. The Morgan fingerprint density at radius 1 is 1.12 bits per heavy atom. The van der Waals surface area contributed by atoms with Gasteiger partial charge in [0.05, 0.1) is 6.04 Å². The molecule has 2 atom stereocenters. The van der Waals surface area contributed by atoms with E-state index in [0.29, 0.717) is 29.7 Å². The van der Waals surface area contributed by atoms with Gasteiger partial charge >= 0.3 is 0 Å². The van der Waals surface area contributed by atoms with Gasteiger partial charge in [0.2, 0.25) is 0 Å². The molecule has 0 radical (unpaired) electrons. The smallest absolute Gasteiger partial charge is 0.261 e. The van der Waals surface area contributed by atoms with Gasteiger partial charge < -0.3 is 19.5 Å². The summed E-state index contributed by atoms with van der Waals surface area (Å²) in [6, 6.07) is 12.5. The molecule has 0 spiro atoms. The van der Waals surface area contributed by atoms with Crippen LogP contribution in [0.15, 0.2) is 42.5 Å². The molecule has 2 aromatic carbocycles. The van der Waals surface area contributed by atoms with E-state index in [-0.39, 0.29) is 11.9 Å². The second-order valence-corrected chi connectivity index (χ2v) is 6.29. The molecule has 1 amide bonds. The molecule has 1 aliphatic rings. The fourth-order valence-corrected chi connectivity index (χ4v) is 2.72. The number of nitrogens with one attached hydrogen (secondary N) is 1. The zero-order valence-electron chi connectivity index (χ0n) is 14.1. The number of halogens is 1. The summed E-state index contributed by atoms with van der Waals surface area (Å²) in [5.74, 6) is 1.78. The third-order valence-corrected chi connectivity index (χ3v) is 4.14. The predicted octanol–water partition coefficient (Wildman–Crippen LogP) is 3.76. The Morgan fingerprint density at radius 3 is 2.64 bits per heavy atom. The number of amides is 1. The van der Waals surface area contributed by atoms with Gasteiger partial charge in [-0.3, -0.25) is 4.79 Å². The van der Waals surface area contributed by atoms with E-state index in [1.165, 1.54) is 0 Å². The van der Waals surface area contributed by atoms with Gasteiger partial charge in [-0.05, 0) is 49.7 Å². The SMILES string of the molecule is C[C@@H](Oc1cccc(Cl)c1)C(=O)N[C@H](C)c1ccc2c(c1)OCCO2. The summed E-state index contributed by atoms with van der Waals surface area (Å²) in [6.45, 7) is 4.70. The highest BCUT2D eigenvalue weighted by Crippen LogP contribution is 2.32. The van der Waals surface area contributed by atoms with E-state index < -0.39 is 6.10 Å². The van der Waals surface area contributed by atoms with Gasteiger partial charge in [0, 0.05) is 5.02 Å². The standard InChI is InChI=1S/C19H20ClNO4/c1-12(14-6-7-17-18(10-14)24-9-8-23-17)21-19(22)13(2)25-16-5-3-4-15(20)11-16/h3-7,10-13H,8-9H2,1-2H3,(H,21,22)/t12-,13-/m1/s1. The van der Waals surface area contributed by atoms with Gasteiger partial charge in [-0.15, -0.1) is 0 Å². The van der Waals surface area contributed by atoms with Crippen LogP contribution >= 0.6 is 11.6 Å². The number of rotatable bonds is 5. The molecule has 3 rings (SSSR count). The predicted molar refractivity (Wildman–Crippen MR) is 95.5 cm³/mol. The van der Waals surface area contributed by atoms with Gasteiger partial charge in [0.25, 0.3) is 5.91 Å². The van der Waals surface area contributed by atoms with Crippen molar-refractivity contribution in [3.63, 3.8) is 0 Å². The third kappa shape index (κ3) is 4.37. The molecular weight excluding hydrogens is 342 g/mol.